The first-order chi connectivity index (χ1) is 16.8. The predicted octanol–water partition coefficient (Wildman–Crippen LogP) is 3.35. The number of ether oxygens (including phenoxy) is 2. The summed E-state index contributed by atoms with van der Waals surface area (Å²) in [5, 5.41) is 13.9. The molecular weight excluding hydrogens is 455 g/mol. The van der Waals surface area contributed by atoms with Gasteiger partial charge in [-0.05, 0) is 55.9 Å². The Hall–Kier alpha value is -3.47. The summed E-state index contributed by atoms with van der Waals surface area (Å²) in [5.41, 5.74) is 2.64. The molecule has 35 heavy (non-hydrogen) atoms. The minimum atomic E-state index is -0.890. The molecule has 4 heterocycles. The summed E-state index contributed by atoms with van der Waals surface area (Å²) in [4.78, 5) is 23.8. The van der Waals surface area contributed by atoms with Crippen LogP contribution < -0.4 is 9.64 Å². The summed E-state index contributed by atoms with van der Waals surface area (Å²) in [6.45, 7) is 6.87. The number of amides is 1. The van der Waals surface area contributed by atoms with Crippen molar-refractivity contribution in [3.63, 3.8) is 0 Å². The lowest BCUT2D eigenvalue weighted by Crippen LogP contribution is -2.41. The van der Waals surface area contributed by atoms with Gasteiger partial charge in [0, 0.05) is 32.2 Å². The second kappa shape index (κ2) is 9.29. The van der Waals surface area contributed by atoms with Crippen LogP contribution in [-0.4, -0.2) is 81.8 Å². The van der Waals surface area contributed by atoms with Gasteiger partial charge in [-0.15, -0.1) is 5.10 Å². The van der Waals surface area contributed by atoms with Gasteiger partial charge in [-0.2, -0.15) is 14.4 Å². The molecule has 11 heteroatoms. The van der Waals surface area contributed by atoms with E-state index < -0.39 is 12.0 Å². The zero-order valence-corrected chi connectivity index (χ0v) is 20.1. The molecule has 1 N–H and O–H groups in total. The molecule has 5 rings (SSSR count). The molecule has 2 aliphatic rings. The number of rotatable bonds is 4. The number of nitrogens with zero attached hydrogens (tertiary/aromatic N) is 6. The summed E-state index contributed by atoms with van der Waals surface area (Å²) in [6.07, 6.45) is 0.611. The standard InChI is InChI=1S/C24H29FN6O4/c1-14-10-18-19(11-17(14)16-4-6-29(7-5-16)24(32)33)31(28-22(18)25)21-12-20(26-23(27-21)34-3)30-8-9-35-15(2)13-30/h10-12,15-16H,4-9,13H2,1-3H3,(H,32,33)/t15-/m0/s1. The van der Waals surface area contributed by atoms with Gasteiger partial charge in [-0.25, -0.2) is 9.48 Å². The van der Waals surface area contributed by atoms with Crippen molar-refractivity contribution in [2.24, 2.45) is 0 Å². The number of aromatic nitrogens is 4. The molecule has 2 saturated heterocycles. The van der Waals surface area contributed by atoms with Crippen LogP contribution in [0.15, 0.2) is 18.2 Å². The smallest absolute Gasteiger partial charge is 0.407 e. The van der Waals surface area contributed by atoms with Gasteiger partial charge in [-0.3, -0.25) is 0 Å². The Labute approximate surface area is 202 Å². The molecule has 186 valence electrons. The van der Waals surface area contributed by atoms with Crippen LogP contribution in [-0.2, 0) is 4.74 Å². The average molecular weight is 485 g/mol. The van der Waals surface area contributed by atoms with E-state index in [9.17, 15) is 14.3 Å². The van der Waals surface area contributed by atoms with Crippen LogP contribution in [0.3, 0.4) is 0 Å². The Morgan fingerprint density at radius 3 is 2.60 bits per heavy atom. The van der Waals surface area contributed by atoms with Crippen LogP contribution in [0, 0.1) is 12.9 Å². The number of anilines is 1. The molecule has 0 saturated carbocycles. The number of carbonyl (C=O) groups is 1. The molecule has 1 aromatic carbocycles. The predicted molar refractivity (Wildman–Crippen MR) is 127 cm³/mol. The van der Waals surface area contributed by atoms with Crippen molar-refractivity contribution < 1.29 is 23.8 Å². The van der Waals surface area contributed by atoms with Crippen molar-refractivity contribution in [3.05, 3.63) is 35.3 Å². The summed E-state index contributed by atoms with van der Waals surface area (Å²) in [6, 6.07) is 5.74. The molecule has 10 nitrogen and oxygen atoms in total. The summed E-state index contributed by atoms with van der Waals surface area (Å²) < 4.78 is 27.5. The number of hydrogen-bond acceptors (Lipinski definition) is 7. The third-order valence-corrected chi connectivity index (χ3v) is 6.87. The van der Waals surface area contributed by atoms with Gasteiger partial charge in [-0.1, -0.05) is 0 Å². The van der Waals surface area contributed by atoms with Crippen molar-refractivity contribution in [2.75, 3.05) is 44.8 Å². The lowest BCUT2D eigenvalue weighted by molar-refractivity contribution is 0.0529. The summed E-state index contributed by atoms with van der Waals surface area (Å²) in [5.74, 6) is 0.691. The highest BCUT2D eigenvalue weighted by atomic mass is 19.1. The highest BCUT2D eigenvalue weighted by molar-refractivity contribution is 5.83. The second-order valence-corrected chi connectivity index (χ2v) is 9.17. The second-order valence-electron chi connectivity index (χ2n) is 9.17. The van der Waals surface area contributed by atoms with Crippen LogP contribution in [0.5, 0.6) is 6.01 Å². The third kappa shape index (κ3) is 4.47. The number of aryl methyl sites for hydroxylation is 1. The largest absolute Gasteiger partial charge is 0.467 e. The number of piperidine rings is 1. The Morgan fingerprint density at radius 1 is 1.17 bits per heavy atom. The number of fused-ring (bicyclic) bond motifs is 1. The summed E-state index contributed by atoms with van der Waals surface area (Å²) >= 11 is 0. The molecule has 2 fully saturated rings. The van der Waals surface area contributed by atoms with E-state index in [-0.39, 0.29) is 18.0 Å². The van der Waals surface area contributed by atoms with Crippen LogP contribution in [0.1, 0.15) is 36.8 Å². The molecule has 0 spiro atoms. The van der Waals surface area contributed by atoms with Crippen LogP contribution in [0.2, 0.25) is 0 Å². The van der Waals surface area contributed by atoms with E-state index >= 15 is 0 Å². The zero-order chi connectivity index (χ0) is 24.7. The van der Waals surface area contributed by atoms with Gasteiger partial charge in [0.25, 0.3) is 0 Å². The first-order valence-corrected chi connectivity index (χ1v) is 11.8. The normalized spacial score (nSPS) is 19.4. The molecule has 1 atom stereocenters. The van der Waals surface area contributed by atoms with Gasteiger partial charge in [0.05, 0.1) is 30.7 Å². The molecule has 2 aromatic heterocycles. The van der Waals surface area contributed by atoms with Gasteiger partial charge in [0.1, 0.15) is 5.82 Å². The molecule has 1 amide bonds. The van der Waals surface area contributed by atoms with Crippen molar-refractivity contribution in [2.45, 2.75) is 38.7 Å². The number of benzene rings is 1. The van der Waals surface area contributed by atoms with Crippen molar-refractivity contribution in [1.29, 1.82) is 0 Å². The van der Waals surface area contributed by atoms with E-state index in [1.54, 1.807) is 6.07 Å². The number of hydrogen-bond donors (Lipinski definition) is 1. The highest BCUT2D eigenvalue weighted by Crippen LogP contribution is 2.34. The molecule has 0 unspecified atom stereocenters. The highest BCUT2D eigenvalue weighted by Gasteiger charge is 2.26. The van der Waals surface area contributed by atoms with E-state index in [0.29, 0.717) is 55.3 Å². The minimum absolute atomic E-state index is 0.0641. The minimum Gasteiger partial charge on any atom is -0.467 e. The van der Waals surface area contributed by atoms with Crippen molar-refractivity contribution in [1.82, 2.24) is 24.6 Å². The number of methoxy groups -OCH3 is 1. The Kier molecular flexibility index (Phi) is 6.18. The average Bonchev–Trinajstić information content (AvgIpc) is 3.18. The van der Waals surface area contributed by atoms with Gasteiger partial charge in [0.15, 0.2) is 5.82 Å². The van der Waals surface area contributed by atoms with Crippen molar-refractivity contribution in [3.8, 4) is 11.8 Å². The first-order valence-electron chi connectivity index (χ1n) is 11.8. The number of halogens is 1. The van der Waals surface area contributed by atoms with Gasteiger partial charge < -0.3 is 24.4 Å². The van der Waals surface area contributed by atoms with Gasteiger partial charge in [0.2, 0.25) is 5.95 Å². The first kappa shape index (κ1) is 23.3. The number of carboxylic acid groups (broad SMARTS) is 1. The fourth-order valence-corrected chi connectivity index (χ4v) is 5.03. The molecule has 0 aliphatic carbocycles. The molecule has 0 radical (unpaired) electrons. The quantitative estimate of drug-likeness (QED) is 0.601. The molecular formula is C24H29FN6O4. The Balaban J connectivity index is 1.55. The van der Waals surface area contributed by atoms with E-state index in [1.165, 1.54) is 16.7 Å². The lowest BCUT2D eigenvalue weighted by atomic mass is 9.86. The van der Waals surface area contributed by atoms with Crippen LogP contribution in [0.25, 0.3) is 16.7 Å². The topological polar surface area (TPSA) is 106 Å². The Morgan fingerprint density at radius 2 is 1.91 bits per heavy atom. The fourth-order valence-electron chi connectivity index (χ4n) is 5.03. The molecule has 3 aromatic rings. The van der Waals surface area contributed by atoms with Crippen LogP contribution >= 0.6 is 0 Å². The van der Waals surface area contributed by atoms with E-state index in [2.05, 4.69) is 20.0 Å². The summed E-state index contributed by atoms with van der Waals surface area (Å²) in [7, 11) is 1.50. The third-order valence-electron chi connectivity index (χ3n) is 6.87. The van der Waals surface area contributed by atoms with E-state index in [0.717, 1.165) is 24.0 Å². The number of morpholine rings is 1. The molecule has 2 aliphatic heterocycles. The maximum absolute atomic E-state index is 15.0. The van der Waals surface area contributed by atoms with E-state index in [1.807, 2.05) is 26.0 Å². The maximum atomic E-state index is 15.0. The van der Waals surface area contributed by atoms with Crippen LogP contribution in [0.4, 0.5) is 15.0 Å². The molecule has 0 bridgehead atoms. The van der Waals surface area contributed by atoms with E-state index in [4.69, 9.17) is 9.47 Å². The number of likely N-dealkylation sites (tertiary alicyclic amines) is 1. The zero-order valence-electron chi connectivity index (χ0n) is 20.1. The fraction of sp³-hybridized carbons (Fsp3) is 0.500. The SMILES string of the molecule is COc1nc(N2CCO[C@@H](C)C2)cc(-n2nc(F)c3cc(C)c(C4CCN(C(=O)O)CC4)cc32)n1. The lowest BCUT2D eigenvalue weighted by Gasteiger charge is -2.32. The Bertz CT molecular complexity index is 1260. The van der Waals surface area contributed by atoms with Gasteiger partial charge >= 0.3 is 12.1 Å². The monoisotopic (exact) mass is 484 g/mol. The van der Waals surface area contributed by atoms with Crippen molar-refractivity contribution >= 4 is 22.8 Å². The maximum Gasteiger partial charge on any atom is 0.407 e.